The van der Waals surface area contributed by atoms with Crippen LogP contribution in [0.25, 0.3) is 0 Å². The molecule has 1 aliphatic heterocycles. The summed E-state index contributed by atoms with van der Waals surface area (Å²) in [5.41, 5.74) is 1.19. The second kappa shape index (κ2) is 9.38. The van der Waals surface area contributed by atoms with Gasteiger partial charge in [-0.25, -0.2) is 8.42 Å². The fourth-order valence-electron chi connectivity index (χ4n) is 3.53. The molecule has 0 fully saturated rings. The molecule has 31 heavy (non-hydrogen) atoms. The molecule has 0 saturated carbocycles. The molecule has 8 nitrogen and oxygen atoms in total. The number of benzene rings is 2. The first-order chi connectivity index (χ1) is 14.8. The lowest BCUT2D eigenvalue weighted by atomic mass is 10.1. The number of hydrogen-bond donors (Lipinski definition) is 1. The Morgan fingerprint density at radius 1 is 1.10 bits per heavy atom. The van der Waals surface area contributed by atoms with Gasteiger partial charge in [0.25, 0.3) is 11.8 Å². The van der Waals surface area contributed by atoms with Gasteiger partial charge in [0.05, 0.1) is 23.2 Å². The predicted molar refractivity (Wildman–Crippen MR) is 120 cm³/mol. The maximum absolute atomic E-state index is 13.0. The third-order valence-corrected chi connectivity index (χ3v) is 6.34. The van der Waals surface area contributed by atoms with E-state index in [2.05, 4.69) is 5.32 Å². The molecule has 0 aliphatic carbocycles. The van der Waals surface area contributed by atoms with Crippen LogP contribution in [0, 0.1) is 0 Å². The number of nitrogens with one attached hydrogen (secondary N) is 1. The summed E-state index contributed by atoms with van der Waals surface area (Å²) in [5, 5.41) is 2.80. The van der Waals surface area contributed by atoms with Gasteiger partial charge < -0.3 is 15.0 Å². The summed E-state index contributed by atoms with van der Waals surface area (Å²) < 4.78 is 31.6. The van der Waals surface area contributed by atoms with E-state index in [0.717, 1.165) is 6.26 Å². The Morgan fingerprint density at radius 2 is 1.74 bits per heavy atom. The average Bonchev–Trinajstić information content (AvgIpc) is 2.94. The highest BCUT2D eigenvalue weighted by molar-refractivity contribution is 7.92. The highest BCUT2D eigenvalue weighted by Gasteiger charge is 2.31. The molecule has 0 unspecified atom stereocenters. The van der Waals surface area contributed by atoms with Crippen molar-refractivity contribution in [2.24, 2.45) is 0 Å². The maximum atomic E-state index is 13.0. The van der Waals surface area contributed by atoms with Gasteiger partial charge in [0.2, 0.25) is 10.0 Å². The number of sulfonamides is 1. The molecule has 1 heterocycles. The fourth-order valence-corrected chi connectivity index (χ4v) is 4.48. The third-order valence-electron chi connectivity index (χ3n) is 5.16. The van der Waals surface area contributed by atoms with Crippen LogP contribution < -0.4 is 14.4 Å². The molecule has 2 aromatic rings. The molecular formula is C22H27N3O5S. The molecular weight excluding hydrogens is 418 g/mol. The van der Waals surface area contributed by atoms with E-state index in [-0.39, 0.29) is 18.9 Å². The van der Waals surface area contributed by atoms with E-state index in [9.17, 15) is 18.0 Å². The smallest absolute Gasteiger partial charge is 0.265 e. The van der Waals surface area contributed by atoms with Crippen molar-refractivity contribution in [3.8, 4) is 5.75 Å². The van der Waals surface area contributed by atoms with Gasteiger partial charge in [-0.2, -0.15) is 0 Å². The molecule has 0 aromatic heterocycles. The van der Waals surface area contributed by atoms with E-state index in [0.29, 0.717) is 35.8 Å². The highest BCUT2D eigenvalue weighted by Crippen LogP contribution is 2.34. The van der Waals surface area contributed by atoms with E-state index in [1.54, 1.807) is 53.4 Å². The molecule has 0 bridgehead atoms. The minimum atomic E-state index is -3.53. The standard InChI is InChI=1S/C22H27N3O5S/c1-4-24(5-2)22(27)16-10-6-7-11-17(16)23-21(26)20-14-15-25(31(3,28)29)18-12-8-9-13-19(18)30-20/h6-13,20H,4-5,14-15H2,1-3H3,(H,23,26)/t20-/m0/s1. The first-order valence-electron chi connectivity index (χ1n) is 10.2. The second-order valence-corrected chi connectivity index (χ2v) is 9.12. The number of fused-ring (bicyclic) bond motifs is 1. The molecule has 3 rings (SSSR count). The number of anilines is 2. The van der Waals surface area contributed by atoms with Crippen LogP contribution in [0.4, 0.5) is 11.4 Å². The van der Waals surface area contributed by atoms with Gasteiger partial charge >= 0.3 is 0 Å². The van der Waals surface area contributed by atoms with Gasteiger partial charge in [-0.05, 0) is 38.1 Å². The largest absolute Gasteiger partial charge is 0.478 e. The van der Waals surface area contributed by atoms with E-state index in [4.69, 9.17) is 4.74 Å². The molecule has 1 N–H and O–H groups in total. The number of carbonyl (C=O) groups excluding carboxylic acids is 2. The number of hydrogen-bond acceptors (Lipinski definition) is 5. The van der Waals surface area contributed by atoms with Crippen LogP contribution in [0.5, 0.6) is 5.75 Å². The van der Waals surface area contributed by atoms with Crippen LogP contribution >= 0.6 is 0 Å². The number of amides is 2. The quantitative estimate of drug-likeness (QED) is 0.738. The van der Waals surface area contributed by atoms with Crippen molar-refractivity contribution in [3.63, 3.8) is 0 Å². The number of para-hydroxylation sites is 3. The molecule has 1 atom stereocenters. The Kier molecular flexibility index (Phi) is 6.84. The monoisotopic (exact) mass is 445 g/mol. The van der Waals surface area contributed by atoms with Gasteiger partial charge in [0.15, 0.2) is 6.10 Å². The third kappa shape index (κ3) is 4.99. The summed E-state index contributed by atoms with van der Waals surface area (Å²) in [6.07, 6.45) is 0.378. The van der Waals surface area contributed by atoms with Crippen LogP contribution in [0.15, 0.2) is 48.5 Å². The SMILES string of the molecule is CCN(CC)C(=O)c1ccccc1NC(=O)[C@@H]1CCN(S(C)(=O)=O)c2ccccc2O1. The van der Waals surface area contributed by atoms with Crippen LogP contribution in [0.2, 0.25) is 0 Å². The summed E-state index contributed by atoms with van der Waals surface area (Å²) in [7, 11) is -3.53. The predicted octanol–water partition coefficient (Wildman–Crippen LogP) is 2.72. The Bertz CT molecular complexity index is 1070. The van der Waals surface area contributed by atoms with E-state index in [1.165, 1.54) is 4.31 Å². The van der Waals surface area contributed by atoms with Crippen molar-refractivity contribution >= 4 is 33.2 Å². The molecule has 2 amide bonds. The van der Waals surface area contributed by atoms with Crippen molar-refractivity contribution in [2.75, 3.05) is 35.5 Å². The number of nitrogens with zero attached hydrogens (tertiary/aromatic N) is 2. The summed E-state index contributed by atoms with van der Waals surface area (Å²) in [4.78, 5) is 27.5. The topological polar surface area (TPSA) is 96.0 Å². The molecule has 0 radical (unpaired) electrons. The Morgan fingerprint density at radius 3 is 2.42 bits per heavy atom. The van der Waals surface area contributed by atoms with E-state index < -0.39 is 22.0 Å². The molecule has 9 heteroatoms. The maximum Gasteiger partial charge on any atom is 0.265 e. The Hall–Kier alpha value is -3.07. The number of carbonyl (C=O) groups is 2. The lowest BCUT2D eigenvalue weighted by Gasteiger charge is -2.21. The average molecular weight is 446 g/mol. The Labute approximate surface area is 182 Å². The molecule has 0 saturated heterocycles. The fraction of sp³-hybridized carbons (Fsp3) is 0.364. The van der Waals surface area contributed by atoms with Crippen molar-refractivity contribution in [2.45, 2.75) is 26.4 Å². The molecule has 2 aromatic carbocycles. The highest BCUT2D eigenvalue weighted by atomic mass is 32.2. The minimum absolute atomic E-state index is 0.105. The van der Waals surface area contributed by atoms with Crippen molar-refractivity contribution in [3.05, 3.63) is 54.1 Å². The van der Waals surface area contributed by atoms with Crippen molar-refractivity contribution < 1.29 is 22.7 Å². The minimum Gasteiger partial charge on any atom is -0.478 e. The number of ether oxygens (including phenoxy) is 1. The van der Waals surface area contributed by atoms with Gasteiger partial charge in [-0.3, -0.25) is 13.9 Å². The van der Waals surface area contributed by atoms with Crippen LogP contribution in [0.3, 0.4) is 0 Å². The van der Waals surface area contributed by atoms with Crippen LogP contribution in [-0.4, -0.2) is 57.1 Å². The summed E-state index contributed by atoms with van der Waals surface area (Å²) in [6.45, 7) is 5.01. The van der Waals surface area contributed by atoms with Gasteiger partial charge in [0, 0.05) is 26.1 Å². The zero-order valence-corrected chi connectivity index (χ0v) is 18.7. The molecule has 0 spiro atoms. The van der Waals surface area contributed by atoms with Crippen LogP contribution in [-0.2, 0) is 14.8 Å². The zero-order chi connectivity index (χ0) is 22.6. The Balaban J connectivity index is 1.85. The van der Waals surface area contributed by atoms with Crippen molar-refractivity contribution in [1.29, 1.82) is 0 Å². The summed E-state index contributed by atoms with van der Waals surface area (Å²) >= 11 is 0. The van der Waals surface area contributed by atoms with Crippen molar-refractivity contribution in [1.82, 2.24) is 4.90 Å². The normalized spacial score (nSPS) is 16.0. The molecule has 1 aliphatic rings. The van der Waals surface area contributed by atoms with E-state index >= 15 is 0 Å². The lowest BCUT2D eigenvalue weighted by Crippen LogP contribution is -2.36. The lowest BCUT2D eigenvalue weighted by molar-refractivity contribution is -0.122. The van der Waals surface area contributed by atoms with E-state index in [1.807, 2.05) is 13.8 Å². The summed E-state index contributed by atoms with van der Waals surface area (Å²) in [5.74, 6) is -0.292. The zero-order valence-electron chi connectivity index (χ0n) is 17.9. The first kappa shape index (κ1) is 22.6. The summed E-state index contributed by atoms with van der Waals surface area (Å²) in [6, 6.07) is 13.5. The molecule has 166 valence electrons. The van der Waals surface area contributed by atoms with Crippen LogP contribution in [0.1, 0.15) is 30.6 Å². The van der Waals surface area contributed by atoms with Gasteiger partial charge in [0.1, 0.15) is 5.75 Å². The first-order valence-corrected chi connectivity index (χ1v) is 12.0. The van der Waals surface area contributed by atoms with Gasteiger partial charge in [-0.15, -0.1) is 0 Å². The second-order valence-electron chi connectivity index (χ2n) is 7.21. The van der Waals surface area contributed by atoms with Gasteiger partial charge in [-0.1, -0.05) is 24.3 Å². The number of rotatable bonds is 6.